The topological polar surface area (TPSA) is 30.2 Å². The fourth-order valence-corrected chi connectivity index (χ4v) is 6.55. The van der Waals surface area contributed by atoms with Crippen LogP contribution in [0.2, 0.25) is 0 Å². The third-order valence-electron chi connectivity index (χ3n) is 8.35. The summed E-state index contributed by atoms with van der Waals surface area (Å²) >= 11 is 0. The molecule has 0 amide bonds. The highest BCUT2D eigenvalue weighted by molar-refractivity contribution is 5.99. The number of aromatic nitrogens is 3. The minimum Gasteiger partial charge on any atom is -0.295 e. The van der Waals surface area contributed by atoms with Crippen LogP contribution in [0.3, 0.4) is 0 Å². The summed E-state index contributed by atoms with van der Waals surface area (Å²) in [6.07, 6.45) is 5.92. The van der Waals surface area contributed by atoms with Gasteiger partial charge in [0.05, 0.1) is 11.0 Å². The zero-order chi connectivity index (χ0) is 22.8. The summed E-state index contributed by atoms with van der Waals surface area (Å²) < 4.78 is 2.42. The molecule has 3 heterocycles. The molecule has 0 saturated heterocycles. The second kappa shape index (κ2) is 5.73. The zero-order valence-electron chi connectivity index (χ0n) is 20.8. The molecule has 1 aromatic carbocycles. The van der Waals surface area contributed by atoms with Crippen LogP contribution in [-0.4, -0.2) is 14.4 Å². The molecule has 0 aliphatic heterocycles. The smallest absolute Gasteiger partial charge is 0.147 e. The second-order valence-electron chi connectivity index (χ2n) is 13.1. The van der Waals surface area contributed by atoms with E-state index >= 15 is 0 Å². The lowest BCUT2D eigenvalue weighted by Crippen LogP contribution is -2.19. The molecule has 32 heavy (non-hydrogen) atoms. The first-order chi connectivity index (χ1) is 14.8. The third kappa shape index (κ3) is 2.54. The zero-order valence-corrected chi connectivity index (χ0v) is 20.8. The molecule has 3 aromatic heterocycles. The summed E-state index contributed by atoms with van der Waals surface area (Å²) in [7, 11) is 0. The second-order valence-corrected chi connectivity index (χ2v) is 13.1. The number of imidazole rings is 1. The first-order valence-electron chi connectivity index (χ1n) is 12.1. The minimum atomic E-state index is -0.000857. The van der Waals surface area contributed by atoms with Gasteiger partial charge in [-0.2, -0.15) is 0 Å². The van der Waals surface area contributed by atoms with Gasteiger partial charge in [-0.05, 0) is 70.9 Å². The molecule has 1 saturated carbocycles. The quantitative estimate of drug-likeness (QED) is 0.295. The van der Waals surface area contributed by atoms with Crippen LogP contribution in [0.5, 0.6) is 0 Å². The van der Waals surface area contributed by atoms with E-state index in [2.05, 4.69) is 84.1 Å². The Balaban J connectivity index is 1.75. The van der Waals surface area contributed by atoms with Crippen molar-refractivity contribution in [2.45, 2.75) is 96.3 Å². The fraction of sp³-hybridized carbons (Fsp3) is 0.517. The highest BCUT2D eigenvalue weighted by atomic mass is 15.0. The van der Waals surface area contributed by atoms with E-state index in [4.69, 9.17) is 9.97 Å². The van der Waals surface area contributed by atoms with Crippen molar-refractivity contribution in [3.63, 3.8) is 0 Å². The number of benzene rings is 1. The first-order valence-corrected chi connectivity index (χ1v) is 12.1. The van der Waals surface area contributed by atoms with E-state index in [9.17, 15) is 0 Å². The number of hydrogen-bond donors (Lipinski definition) is 0. The number of fused-ring (bicyclic) bond motifs is 10. The van der Waals surface area contributed by atoms with Crippen molar-refractivity contribution in [3.05, 3.63) is 53.0 Å². The largest absolute Gasteiger partial charge is 0.295 e. The Morgan fingerprint density at radius 1 is 0.844 bits per heavy atom. The van der Waals surface area contributed by atoms with Gasteiger partial charge in [0.1, 0.15) is 5.65 Å². The van der Waals surface area contributed by atoms with Crippen molar-refractivity contribution in [2.75, 3.05) is 0 Å². The average Bonchev–Trinajstić information content (AvgIpc) is 3.29. The Labute approximate surface area is 191 Å². The third-order valence-corrected chi connectivity index (χ3v) is 8.35. The van der Waals surface area contributed by atoms with E-state index in [1.54, 1.807) is 5.56 Å². The van der Waals surface area contributed by atoms with Crippen molar-refractivity contribution < 1.29 is 0 Å². The number of nitrogens with zero attached hydrogens (tertiary/aromatic N) is 3. The summed E-state index contributed by atoms with van der Waals surface area (Å²) in [5.74, 6) is 0. The summed E-state index contributed by atoms with van der Waals surface area (Å²) in [6.45, 7) is 18.5. The van der Waals surface area contributed by atoms with Crippen LogP contribution in [0.1, 0.15) is 97.2 Å². The molecule has 6 rings (SSSR count). The number of rotatable bonds is 0. The number of hydrogen-bond acceptors (Lipinski definition) is 2. The molecular weight excluding hydrogens is 390 g/mol. The van der Waals surface area contributed by atoms with Gasteiger partial charge in [0.15, 0.2) is 0 Å². The van der Waals surface area contributed by atoms with E-state index in [0.29, 0.717) is 10.8 Å². The molecule has 1 fully saturated rings. The molecule has 0 N–H and O–H groups in total. The van der Waals surface area contributed by atoms with Crippen LogP contribution >= 0.6 is 0 Å². The van der Waals surface area contributed by atoms with Gasteiger partial charge < -0.3 is 0 Å². The maximum absolute atomic E-state index is 5.25. The maximum Gasteiger partial charge on any atom is 0.147 e. The molecule has 4 aromatic rings. The summed E-state index contributed by atoms with van der Waals surface area (Å²) in [5, 5.41) is 2.38. The first kappa shape index (κ1) is 20.2. The molecule has 0 spiro atoms. The Morgan fingerprint density at radius 3 is 2.12 bits per heavy atom. The molecule has 0 radical (unpaired) electrons. The Hall–Kier alpha value is -2.42. The van der Waals surface area contributed by atoms with Gasteiger partial charge >= 0.3 is 0 Å². The van der Waals surface area contributed by atoms with Crippen LogP contribution in [0.25, 0.3) is 27.5 Å². The minimum absolute atomic E-state index is 0.000857. The van der Waals surface area contributed by atoms with Gasteiger partial charge in [0.25, 0.3) is 0 Å². The van der Waals surface area contributed by atoms with Crippen molar-refractivity contribution in [2.24, 2.45) is 0 Å². The Morgan fingerprint density at radius 2 is 1.50 bits per heavy atom. The van der Waals surface area contributed by atoms with Crippen molar-refractivity contribution in [3.8, 4) is 0 Å². The maximum atomic E-state index is 5.25. The van der Waals surface area contributed by atoms with Gasteiger partial charge in [-0.15, -0.1) is 0 Å². The van der Waals surface area contributed by atoms with Gasteiger partial charge in [-0.1, -0.05) is 55.4 Å². The van der Waals surface area contributed by atoms with Gasteiger partial charge in [0.2, 0.25) is 0 Å². The van der Waals surface area contributed by atoms with Crippen LogP contribution in [-0.2, 0) is 21.7 Å². The van der Waals surface area contributed by atoms with Crippen LogP contribution in [0, 0.1) is 0 Å². The van der Waals surface area contributed by atoms with Crippen molar-refractivity contribution >= 4 is 27.5 Å². The highest BCUT2D eigenvalue weighted by Gasteiger charge is 2.53. The van der Waals surface area contributed by atoms with E-state index in [1.165, 1.54) is 41.4 Å². The van der Waals surface area contributed by atoms with Crippen LogP contribution in [0.15, 0.2) is 30.5 Å². The van der Waals surface area contributed by atoms with Gasteiger partial charge in [-0.3, -0.25) is 9.38 Å². The lowest BCUT2D eigenvalue weighted by Gasteiger charge is -2.27. The molecule has 3 heteroatoms. The van der Waals surface area contributed by atoms with E-state index in [0.717, 1.165) is 22.2 Å². The summed E-state index contributed by atoms with van der Waals surface area (Å²) in [5.41, 5.74) is 9.60. The number of pyridine rings is 2. The lowest BCUT2D eigenvalue weighted by molar-refractivity contribution is 0.484. The predicted octanol–water partition coefficient (Wildman–Crippen LogP) is 7.34. The molecule has 166 valence electrons. The summed E-state index contributed by atoms with van der Waals surface area (Å²) in [4.78, 5) is 10.1. The SMILES string of the molecule is CC(C)(C)c1cc2cc(C(C)(C)C)n3c4cc5c(cc4nc3c2cn1)C1(C)CCC5(C)C1. The fourth-order valence-electron chi connectivity index (χ4n) is 6.55. The van der Waals surface area contributed by atoms with E-state index in [-0.39, 0.29) is 10.8 Å². The average molecular weight is 426 g/mol. The normalized spacial score (nSPS) is 25.4. The Bertz CT molecular complexity index is 1440. The van der Waals surface area contributed by atoms with Crippen LogP contribution < -0.4 is 0 Å². The van der Waals surface area contributed by atoms with Crippen molar-refractivity contribution in [1.82, 2.24) is 14.4 Å². The molecule has 2 atom stereocenters. The lowest BCUT2D eigenvalue weighted by atomic mass is 9.78. The van der Waals surface area contributed by atoms with E-state index in [1.807, 2.05) is 6.20 Å². The van der Waals surface area contributed by atoms with E-state index < -0.39 is 0 Å². The molecular formula is C29H35N3. The molecule has 2 aliphatic rings. The van der Waals surface area contributed by atoms with Gasteiger partial charge in [-0.25, -0.2) is 4.98 Å². The van der Waals surface area contributed by atoms with Gasteiger partial charge in [0, 0.05) is 33.8 Å². The molecule has 2 unspecified atom stereocenters. The predicted molar refractivity (Wildman–Crippen MR) is 134 cm³/mol. The highest BCUT2D eigenvalue weighted by Crippen LogP contribution is 2.61. The standard InChI is InChI=1S/C29H35N3/c1-26(2,3)23-11-17-12-24(27(4,5)6)32-22-14-20-19(28(7)9-10-29(20,8)16-28)13-21(22)31-25(32)18(17)15-30-23/h11-15H,9-10,16H2,1-8H3. The van der Waals surface area contributed by atoms with Crippen LogP contribution in [0.4, 0.5) is 0 Å². The summed E-state index contributed by atoms with van der Waals surface area (Å²) in [6, 6.07) is 9.54. The Kier molecular flexibility index (Phi) is 3.62. The molecule has 2 aliphatic carbocycles. The molecule has 3 nitrogen and oxygen atoms in total. The molecule has 2 bridgehead atoms. The van der Waals surface area contributed by atoms with Crippen molar-refractivity contribution in [1.29, 1.82) is 0 Å². The monoisotopic (exact) mass is 425 g/mol.